The van der Waals surface area contributed by atoms with Crippen LogP contribution in [0.4, 0.5) is 0 Å². The van der Waals surface area contributed by atoms with E-state index in [1.165, 1.54) is 0 Å². The number of ether oxygens (including phenoxy) is 4. The fourth-order valence-electron chi connectivity index (χ4n) is 2.92. The number of benzene rings is 2. The maximum atomic E-state index is 12.7. The van der Waals surface area contributed by atoms with E-state index in [1.54, 1.807) is 32.4 Å². The third kappa shape index (κ3) is 3.69. The Balaban J connectivity index is 1.78. The fourth-order valence-corrected chi connectivity index (χ4v) is 2.92. The number of carbonyl (C=O) groups is 1. The smallest absolute Gasteiger partial charge is 0.251 e. The molecule has 1 aliphatic rings. The first-order chi connectivity index (χ1) is 12.7. The summed E-state index contributed by atoms with van der Waals surface area (Å²) in [5, 5.41) is 3.06. The van der Waals surface area contributed by atoms with Gasteiger partial charge in [0.1, 0.15) is 13.2 Å². The average Bonchev–Trinajstić information content (AvgIpc) is 2.70. The maximum absolute atomic E-state index is 12.7. The molecule has 1 aliphatic heterocycles. The molecule has 0 bridgehead atoms. The van der Waals surface area contributed by atoms with Gasteiger partial charge in [-0.25, -0.2) is 0 Å². The Morgan fingerprint density at radius 2 is 1.77 bits per heavy atom. The highest BCUT2D eigenvalue weighted by Crippen LogP contribution is 2.32. The van der Waals surface area contributed by atoms with Gasteiger partial charge in [0.25, 0.3) is 5.91 Å². The van der Waals surface area contributed by atoms with Crippen molar-refractivity contribution in [3.8, 4) is 23.0 Å². The van der Waals surface area contributed by atoms with Crippen LogP contribution < -0.4 is 24.3 Å². The highest BCUT2D eigenvalue weighted by Gasteiger charge is 2.19. The molecular formula is C20H23NO5. The molecule has 1 N–H and O–H groups in total. The zero-order valence-electron chi connectivity index (χ0n) is 15.2. The number of nitrogens with one attached hydrogen (secondary N) is 1. The van der Waals surface area contributed by atoms with Crippen molar-refractivity contribution in [3.05, 3.63) is 47.5 Å². The van der Waals surface area contributed by atoms with Crippen molar-refractivity contribution >= 4 is 5.91 Å². The van der Waals surface area contributed by atoms with E-state index in [0.717, 1.165) is 12.0 Å². The summed E-state index contributed by atoms with van der Waals surface area (Å²) in [6, 6.07) is 10.7. The van der Waals surface area contributed by atoms with E-state index in [1.807, 2.05) is 25.1 Å². The molecule has 6 nitrogen and oxygen atoms in total. The number of hydrogen-bond acceptors (Lipinski definition) is 5. The number of hydrogen-bond donors (Lipinski definition) is 1. The van der Waals surface area contributed by atoms with Crippen LogP contribution in [0.25, 0.3) is 0 Å². The van der Waals surface area contributed by atoms with Crippen LogP contribution in [0.15, 0.2) is 36.4 Å². The van der Waals surface area contributed by atoms with Crippen LogP contribution in [0.2, 0.25) is 0 Å². The first-order valence-electron chi connectivity index (χ1n) is 8.58. The Bertz CT molecular complexity index is 790. The molecule has 0 saturated heterocycles. The van der Waals surface area contributed by atoms with Crippen molar-refractivity contribution in [2.24, 2.45) is 0 Å². The monoisotopic (exact) mass is 357 g/mol. The van der Waals surface area contributed by atoms with Gasteiger partial charge in [0, 0.05) is 5.56 Å². The standard InChI is InChI=1S/C20H23NO5/c1-4-15(13-5-7-16(23-2)18(11-13)24-3)21-20(22)14-6-8-17-19(12-14)26-10-9-25-17/h5-8,11-12,15H,4,9-10H2,1-3H3,(H,21,22)/t15-/m1/s1. The Labute approximate surface area is 153 Å². The van der Waals surface area contributed by atoms with E-state index in [-0.39, 0.29) is 11.9 Å². The van der Waals surface area contributed by atoms with Gasteiger partial charge < -0.3 is 24.3 Å². The van der Waals surface area contributed by atoms with Crippen LogP contribution in [0.3, 0.4) is 0 Å². The number of rotatable bonds is 6. The van der Waals surface area contributed by atoms with Gasteiger partial charge >= 0.3 is 0 Å². The van der Waals surface area contributed by atoms with Gasteiger partial charge in [0.05, 0.1) is 20.3 Å². The third-order valence-electron chi connectivity index (χ3n) is 4.33. The van der Waals surface area contributed by atoms with Crippen LogP contribution in [-0.2, 0) is 0 Å². The van der Waals surface area contributed by atoms with Crippen molar-refractivity contribution in [2.75, 3.05) is 27.4 Å². The van der Waals surface area contributed by atoms with Gasteiger partial charge in [-0.15, -0.1) is 0 Å². The second kappa shape index (κ2) is 7.99. The average molecular weight is 357 g/mol. The number of carbonyl (C=O) groups excluding carboxylic acids is 1. The largest absolute Gasteiger partial charge is 0.493 e. The third-order valence-corrected chi connectivity index (χ3v) is 4.33. The van der Waals surface area contributed by atoms with Gasteiger partial charge in [0.15, 0.2) is 23.0 Å². The number of fused-ring (bicyclic) bond motifs is 1. The Kier molecular flexibility index (Phi) is 5.51. The molecule has 6 heteroatoms. The Morgan fingerprint density at radius 3 is 2.46 bits per heavy atom. The molecule has 0 radical (unpaired) electrons. The summed E-state index contributed by atoms with van der Waals surface area (Å²) < 4.78 is 21.7. The Hall–Kier alpha value is -2.89. The second-order valence-electron chi connectivity index (χ2n) is 5.91. The van der Waals surface area contributed by atoms with Gasteiger partial charge in [-0.05, 0) is 42.3 Å². The zero-order chi connectivity index (χ0) is 18.5. The lowest BCUT2D eigenvalue weighted by molar-refractivity contribution is 0.0934. The first kappa shape index (κ1) is 17.9. The lowest BCUT2D eigenvalue weighted by Crippen LogP contribution is -2.28. The van der Waals surface area contributed by atoms with E-state index in [0.29, 0.717) is 41.8 Å². The molecule has 0 saturated carbocycles. The summed E-state index contributed by atoms with van der Waals surface area (Å²) in [5.74, 6) is 2.40. The molecule has 1 heterocycles. The lowest BCUT2D eigenvalue weighted by Gasteiger charge is -2.21. The topological polar surface area (TPSA) is 66.0 Å². The molecule has 1 amide bonds. The normalized spacial score (nSPS) is 13.7. The SMILES string of the molecule is CC[C@@H](NC(=O)c1ccc2c(c1)OCCO2)c1ccc(OC)c(OC)c1. The molecule has 0 spiro atoms. The quantitative estimate of drug-likeness (QED) is 0.859. The summed E-state index contributed by atoms with van der Waals surface area (Å²) in [6.45, 7) is 3.03. The zero-order valence-corrected chi connectivity index (χ0v) is 15.2. The molecular weight excluding hydrogens is 334 g/mol. The summed E-state index contributed by atoms with van der Waals surface area (Å²) in [7, 11) is 3.19. The fraction of sp³-hybridized carbons (Fsp3) is 0.350. The lowest BCUT2D eigenvalue weighted by atomic mass is 10.0. The van der Waals surface area contributed by atoms with Gasteiger partial charge in [0.2, 0.25) is 0 Å². The predicted molar refractivity (Wildman–Crippen MR) is 97.5 cm³/mol. The summed E-state index contributed by atoms with van der Waals surface area (Å²) >= 11 is 0. The number of methoxy groups -OCH3 is 2. The summed E-state index contributed by atoms with van der Waals surface area (Å²) in [5.41, 5.74) is 1.49. The summed E-state index contributed by atoms with van der Waals surface area (Å²) in [6.07, 6.45) is 0.742. The van der Waals surface area contributed by atoms with E-state index >= 15 is 0 Å². The van der Waals surface area contributed by atoms with E-state index in [4.69, 9.17) is 18.9 Å². The van der Waals surface area contributed by atoms with Crippen molar-refractivity contribution in [2.45, 2.75) is 19.4 Å². The van der Waals surface area contributed by atoms with Crippen molar-refractivity contribution in [3.63, 3.8) is 0 Å². The van der Waals surface area contributed by atoms with Crippen molar-refractivity contribution in [1.82, 2.24) is 5.32 Å². The van der Waals surface area contributed by atoms with Gasteiger partial charge in [-0.1, -0.05) is 13.0 Å². The first-order valence-corrected chi connectivity index (χ1v) is 8.58. The van der Waals surface area contributed by atoms with Gasteiger partial charge in [-0.2, -0.15) is 0 Å². The second-order valence-corrected chi connectivity index (χ2v) is 5.91. The van der Waals surface area contributed by atoms with Crippen LogP contribution >= 0.6 is 0 Å². The molecule has 2 aromatic carbocycles. The minimum absolute atomic E-state index is 0.143. The molecule has 0 aliphatic carbocycles. The van der Waals surface area contributed by atoms with Crippen molar-refractivity contribution < 1.29 is 23.7 Å². The highest BCUT2D eigenvalue weighted by atomic mass is 16.6. The van der Waals surface area contributed by atoms with Crippen LogP contribution in [-0.4, -0.2) is 33.3 Å². The van der Waals surface area contributed by atoms with Crippen LogP contribution in [0.5, 0.6) is 23.0 Å². The number of amides is 1. The Morgan fingerprint density at radius 1 is 1.04 bits per heavy atom. The molecule has 0 fully saturated rings. The molecule has 0 aromatic heterocycles. The van der Waals surface area contributed by atoms with E-state index < -0.39 is 0 Å². The van der Waals surface area contributed by atoms with Crippen molar-refractivity contribution in [1.29, 1.82) is 0 Å². The van der Waals surface area contributed by atoms with Crippen LogP contribution in [0.1, 0.15) is 35.3 Å². The highest BCUT2D eigenvalue weighted by molar-refractivity contribution is 5.95. The molecule has 26 heavy (non-hydrogen) atoms. The maximum Gasteiger partial charge on any atom is 0.251 e. The molecule has 1 atom stereocenters. The predicted octanol–water partition coefficient (Wildman–Crippen LogP) is 3.36. The molecule has 2 aromatic rings. The summed E-state index contributed by atoms with van der Waals surface area (Å²) in [4.78, 5) is 12.7. The molecule has 3 rings (SSSR count). The van der Waals surface area contributed by atoms with E-state index in [2.05, 4.69) is 5.32 Å². The minimum atomic E-state index is -0.163. The molecule has 138 valence electrons. The van der Waals surface area contributed by atoms with Gasteiger partial charge in [-0.3, -0.25) is 4.79 Å². The molecule has 0 unspecified atom stereocenters. The van der Waals surface area contributed by atoms with Crippen LogP contribution in [0, 0.1) is 0 Å². The van der Waals surface area contributed by atoms with E-state index in [9.17, 15) is 4.79 Å². The minimum Gasteiger partial charge on any atom is -0.493 e.